The number of unbranched alkanes of at least 4 members (excludes halogenated alkanes) is 2. The summed E-state index contributed by atoms with van der Waals surface area (Å²) in [4.78, 5) is 13.1. The molecular formula is C19H20N4O. The topological polar surface area (TPSA) is 83.8 Å². The van der Waals surface area contributed by atoms with Crippen LogP contribution in [0.5, 0.6) is 0 Å². The number of carbonyl (C=O) groups excluding carboxylic acids is 1. The van der Waals surface area contributed by atoms with Crippen molar-refractivity contribution in [3.05, 3.63) is 47.5 Å². The predicted molar refractivity (Wildman–Crippen MR) is 96.4 cm³/mol. The lowest BCUT2D eigenvalue weighted by molar-refractivity contribution is 0.104. The molecule has 0 bridgehead atoms. The molecule has 1 heterocycles. The fourth-order valence-electron chi connectivity index (χ4n) is 3.40. The van der Waals surface area contributed by atoms with Gasteiger partial charge in [0, 0.05) is 28.7 Å². The van der Waals surface area contributed by atoms with Crippen LogP contribution in [0.3, 0.4) is 0 Å². The normalized spacial score (nSPS) is 12.5. The highest BCUT2D eigenvalue weighted by Gasteiger charge is 2.29. The van der Waals surface area contributed by atoms with E-state index in [0.717, 1.165) is 71.3 Å². The Bertz CT molecular complexity index is 913. The number of anilines is 1. The van der Waals surface area contributed by atoms with Crippen LogP contribution in [-0.2, 0) is 0 Å². The number of fused-ring (bicyclic) bond motifs is 2. The van der Waals surface area contributed by atoms with Crippen molar-refractivity contribution in [2.45, 2.75) is 19.3 Å². The number of rotatable bonds is 6. The molecule has 0 amide bonds. The van der Waals surface area contributed by atoms with Gasteiger partial charge in [0.1, 0.15) is 5.69 Å². The molecule has 1 aliphatic rings. The van der Waals surface area contributed by atoms with Crippen molar-refractivity contribution in [2.75, 3.05) is 18.4 Å². The van der Waals surface area contributed by atoms with E-state index in [0.29, 0.717) is 0 Å². The highest BCUT2D eigenvalue weighted by atomic mass is 16.1. The van der Waals surface area contributed by atoms with Gasteiger partial charge in [0.25, 0.3) is 0 Å². The second-order valence-electron chi connectivity index (χ2n) is 6.13. The van der Waals surface area contributed by atoms with E-state index < -0.39 is 0 Å². The molecule has 122 valence electrons. The molecule has 0 saturated heterocycles. The van der Waals surface area contributed by atoms with Gasteiger partial charge in [-0.3, -0.25) is 9.89 Å². The zero-order valence-electron chi connectivity index (χ0n) is 13.4. The summed E-state index contributed by atoms with van der Waals surface area (Å²) in [5.41, 5.74) is 10.5. The van der Waals surface area contributed by atoms with Crippen LogP contribution in [0, 0.1) is 0 Å². The molecule has 5 heteroatoms. The third-order valence-corrected chi connectivity index (χ3v) is 4.58. The van der Waals surface area contributed by atoms with Gasteiger partial charge in [0.05, 0.1) is 11.1 Å². The Balaban J connectivity index is 1.72. The van der Waals surface area contributed by atoms with Crippen LogP contribution in [0.2, 0.25) is 0 Å². The van der Waals surface area contributed by atoms with E-state index in [-0.39, 0.29) is 5.78 Å². The number of carbonyl (C=O) groups is 1. The highest BCUT2D eigenvalue weighted by Crippen LogP contribution is 2.40. The number of nitrogens with zero attached hydrogens (tertiary/aromatic N) is 1. The van der Waals surface area contributed by atoms with E-state index in [4.69, 9.17) is 5.73 Å². The molecule has 0 unspecified atom stereocenters. The summed E-state index contributed by atoms with van der Waals surface area (Å²) in [5.74, 6) is 0.0644. The van der Waals surface area contributed by atoms with Crippen molar-refractivity contribution in [1.82, 2.24) is 10.2 Å². The first-order valence-electron chi connectivity index (χ1n) is 8.40. The van der Waals surface area contributed by atoms with Gasteiger partial charge >= 0.3 is 0 Å². The van der Waals surface area contributed by atoms with E-state index in [1.165, 1.54) is 0 Å². The lowest BCUT2D eigenvalue weighted by Gasteiger charge is -2.19. The molecule has 0 fully saturated rings. The minimum Gasteiger partial charge on any atom is -0.384 e. The Morgan fingerprint density at radius 1 is 1.04 bits per heavy atom. The maximum absolute atomic E-state index is 13.1. The second kappa shape index (κ2) is 6.09. The molecule has 5 nitrogen and oxygen atoms in total. The summed E-state index contributed by atoms with van der Waals surface area (Å²) in [7, 11) is 0. The van der Waals surface area contributed by atoms with Gasteiger partial charge < -0.3 is 11.1 Å². The standard InChI is InChI=1S/C19H20N4O/c20-10-2-1-3-11-21-14-8-4-6-12-17(14)19(24)13-7-5-9-15-16(13)18(12)23-22-15/h4-9,21H,1-3,10-11,20H2,(H,22,23). The first-order chi connectivity index (χ1) is 11.8. The summed E-state index contributed by atoms with van der Waals surface area (Å²) in [6, 6.07) is 11.6. The largest absolute Gasteiger partial charge is 0.384 e. The van der Waals surface area contributed by atoms with Gasteiger partial charge in [-0.2, -0.15) is 5.10 Å². The molecule has 0 saturated carbocycles. The fourth-order valence-corrected chi connectivity index (χ4v) is 3.40. The first kappa shape index (κ1) is 14.9. The van der Waals surface area contributed by atoms with E-state index in [2.05, 4.69) is 15.5 Å². The van der Waals surface area contributed by atoms with Gasteiger partial charge in [-0.25, -0.2) is 0 Å². The third-order valence-electron chi connectivity index (χ3n) is 4.58. The van der Waals surface area contributed by atoms with Crippen LogP contribution in [0.25, 0.3) is 22.2 Å². The van der Waals surface area contributed by atoms with E-state index in [1.807, 2.05) is 36.4 Å². The van der Waals surface area contributed by atoms with Crippen LogP contribution in [0.4, 0.5) is 5.69 Å². The smallest absolute Gasteiger partial charge is 0.196 e. The molecule has 24 heavy (non-hydrogen) atoms. The molecule has 0 spiro atoms. The average Bonchev–Trinajstić information content (AvgIpc) is 3.04. The molecular weight excluding hydrogens is 300 g/mol. The minimum atomic E-state index is 0.0644. The summed E-state index contributed by atoms with van der Waals surface area (Å²) in [6.45, 7) is 1.56. The number of nitrogens with two attached hydrogens (primary N) is 1. The maximum Gasteiger partial charge on any atom is 0.196 e. The molecule has 4 rings (SSSR count). The summed E-state index contributed by atoms with van der Waals surface area (Å²) in [6.07, 6.45) is 3.17. The van der Waals surface area contributed by atoms with E-state index in [1.54, 1.807) is 0 Å². The molecule has 2 aromatic carbocycles. The number of hydrogen-bond donors (Lipinski definition) is 3. The quantitative estimate of drug-likeness (QED) is 0.476. The van der Waals surface area contributed by atoms with Crippen molar-refractivity contribution in [3.63, 3.8) is 0 Å². The molecule has 1 aromatic heterocycles. The zero-order chi connectivity index (χ0) is 16.5. The van der Waals surface area contributed by atoms with Crippen LogP contribution in [0.15, 0.2) is 36.4 Å². The Morgan fingerprint density at radius 3 is 2.75 bits per heavy atom. The van der Waals surface area contributed by atoms with Gasteiger partial charge in [0.2, 0.25) is 0 Å². The second-order valence-corrected chi connectivity index (χ2v) is 6.13. The number of hydrogen-bond acceptors (Lipinski definition) is 4. The van der Waals surface area contributed by atoms with Gasteiger partial charge in [-0.05, 0) is 31.5 Å². The lowest BCUT2D eigenvalue weighted by atomic mass is 9.86. The Labute approximate surface area is 140 Å². The number of ketones is 1. The first-order valence-corrected chi connectivity index (χ1v) is 8.40. The van der Waals surface area contributed by atoms with Crippen molar-refractivity contribution in [2.24, 2.45) is 5.73 Å². The number of aromatic nitrogens is 2. The Kier molecular flexibility index (Phi) is 3.78. The number of H-pyrrole nitrogens is 1. The van der Waals surface area contributed by atoms with Gasteiger partial charge in [-0.1, -0.05) is 30.7 Å². The third kappa shape index (κ3) is 2.29. The fraction of sp³-hybridized carbons (Fsp3) is 0.263. The van der Waals surface area contributed by atoms with Crippen LogP contribution in [-0.4, -0.2) is 29.1 Å². The number of benzene rings is 2. The Morgan fingerprint density at radius 2 is 1.88 bits per heavy atom. The van der Waals surface area contributed by atoms with Gasteiger partial charge in [-0.15, -0.1) is 0 Å². The molecule has 4 N–H and O–H groups in total. The SMILES string of the molecule is NCCCCCNc1cccc2c1C(=O)c1cccc3[nH]nc-2c13. The molecule has 3 aromatic rings. The number of nitrogens with one attached hydrogen (secondary N) is 2. The lowest BCUT2D eigenvalue weighted by Crippen LogP contribution is -2.14. The molecule has 0 radical (unpaired) electrons. The predicted octanol–water partition coefficient (Wildman–Crippen LogP) is 3.32. The van der Waals surface area contributed by atoms with Crippen LogP contribution >= 0.6 is 0 Å². The summed E-state index contributed by atoms with van der Waals surface area (Å²) in [5, 5.41) is 11.8. The van der Waals surface area contributed by atoms with E-state index in [9.17, 15) is 4.79 Å². The molecule has 0 atom stereocenters. The molecule has 0 aliphatic heterocycles. The van der Waals surface area contributed by atoms with Crippen molar-refractivity contribution < 1.29 is 4.79 Å². The highest BCUT2D eigenvalue weighted by molar-refractivity contribution is 6.27. The molecule has 1 aliphatic carbocycles. The van der Waals surface area contributed by atoms with E-state index >= 15 is 0 Å². The zero-order valence-corrected chi connectivity index (χ0v) is 13.4. The van der Waals surface area contributed by atoms with Crippen LogP contribution in [0.1, 0.15) is 35.2 Å². The summed E-state index contributed by atoms with van der Waals surface area (Å²) < 4.78 is 0. The van der Waals surface area contributed by atoms with Crippen molar-refractivity contribution >= 4 is 22.4 Å². The van der Waals surface area contributed by atoms with Crippen molar-refractivity contribution in [3.8, 4) is 11.3 Å². The maximum atomic E-state index is 13.1. The minimum absolute atomic E-state index is 0.0644. The van der Waals surface area contributed by atoms with Crippen molar-refractivity contribution in [1.29, 1.82) is 0 Å². The Hall–Kier alpha value is -2.66. The van der Waals surface area contributed by atoms with Gasteiger partial charge in [0.15, 0.2) is 5.78 Å². The number of aromatic amines is 1. The van der Waals surface area contributed by atoms with Crippen LogP contribution < -0.4 is 11.1 Å². The summed E-state index contributed by atoms with van der Waals surface area (Å²) >= 11 is 0. The monoisotopic (exact) mass is 320 g/mol. The average molecular weight is 320 g/mol.